The lowest BCUT2D eigenvalue weighted by atomic mass is 10.1. The molecule has 9 heteroatoms. The zero-order chi connectivity index (χ0) is 25.3. The number of ether oxygens (including phenoxy) is 2. The van der Waals surface area contributed by atoms with Crippen LogP contribution < -0.4 is 14.9 Å². The second kappa shape index (κ2) is 12.1. The molecule has 0 spiro atoms. The van der Waals surface area contributed by atoms with E-state index in [4.69, 9.17) is 9.47 Å². The number of hydrazone groups is 1. The predicted molar refractivity (Wildman–Crippen MR) is 135 cm³/mol. The van der Waals surface area contributed by atoms with E-state index in [1.165, 1.54) is 38.6 Å². The number of benzene rings is 3. The van der Waals surface area contributed by atoms with E-state index < -0.39 is 22.5 Å². The summed E-state index contributed by atoms with van der Waals surface area (Å²) < 4.78 is 38.6. The van der Waals surface area contributed by atoms with Gasteiger partial charge in [-0.3, -0.25) is 4.79 Å². The first-order chi connectivity index (χ1) is 16.8. The Kier molecular flexibility index (Phi) is 8.99. The summed E-state index contributed by atoms with van der Waals surface area (Å²) in [4.78, 5) is 12.6. The van der Waals surface area contributed by atoms with Gasteiger partial charge in [0.05, 0.1) is 31.9 Å². The Hall–Kier alpha value is -3.69. The maximum absolute atomic E-state index is 13.5. The minimum Gasteiger partial charge on any atom is -0.493 e. The number of methoxy groups -OCH3 is 2. The van der Waals surface area contributed by atoms with Crippen molar-refractivity contribution in [1.82, 2.24) is 9.73 Å². The molecule has 0 saturated carbocycles. The number of nitrogens with zero attached hydrogens (tertiary/aromatic N) is 2. The molecule has 0 aromatic heterocycles. The van der Waals surface area contributed by atoms with Crippen LogP contribution in [0, 0.1) is 6.92 Å². The molecule has 0 radical (unpaired) electrons. The third-order valence-electron chi connectivity index (χ3n) is 5.25. The molecule has 0 aliphatic heterocycles. The number of sulfonamides is 1. The van der Waals surface area contributed by atoms with Crippen molar-refractivity contribution in [2.75, 3.05) is 27.3 Å². The van der Waals surface area contributed by atoms with Crippen molar-refractivity contribution in [2.45, 2.75) is 18.2 Å². The first-order valence-electron chi connectivity index (χ1n) is 11.0. The Bertz CT molecular complexity index is 1280. The molecule has 3 aromatic carbocycles. The third kappa shape index (κ3) is 7.14. The van der Waals surface area contributed by atoms with E-state index >= 15 is 0 Å². The molecule has 0 atom stereocenters. The van der Waals surface area contributed by atoms with E-state index in [-0.39, 0.29) is 17.2 Å². The third-order valence-corrected chi connectivity index (χ3v) is 7.09. The second-order valence-corrected chi connectivity index (χ2v) is 9.74. The molecule has 8 nitrogen and oxygen atoms in total. The van der Waals surface area contributed by atoms with Crippen LogP contribution in [-0.2, 0) is 21.2 Å². The molecule has 3 rings (SSSR count). The molecular weight excluding hydrogens is 466 g/mol. The zero-order valence-electron chi connectivity index (χ0n) is 20.0. The number of hydrogen-bond donors (Lipinski definition) is 1. The molecule has 3 aromatic rings. The maximum atomic E-state index is 13.5. The number of amides is 1. The van der Waals surface area contributed by atoms with Gasteiger partial charge in [-0.25, -0.2) is 13.8 Å². The summed E-state index contributed by atoms with van der Waals surface area (Å²) in [6.45, 7) is 1.67. The van der Waals surface area contributed by atoms with Crippen LogP contribution in [0.3, 0.4) is 0 Å². The highest BCUT2D eigenvalue weighted by Crippen LogP contribution is 2.30. The van der Waals surface area contributed by atoms with Crippen molar-refractivity contribution in [3.63, 3.8) is 0 Å². The SMILES string of the molecule is COc1ccc(S(=O)(=O)N(CCc2ccccc2)CC(=O)NN=Cc2cccc(C)c2)cc1OC. The number of hydrogen-bond acceptors (Lipinski definition) is 6. The molecule has 184 valence electrons. The summed E-state index contributed by atoms with van der Waals surface area (Å²) in [7, 11) is -1.12. The van der Waals surface area contributed by atoms with E-state index in [2.05, 4.69) is 10.5 Å². The van der Waals surface area contributed by atoms with E-state index in [1.807, 2.05) is 61.5 Å². The molecule has 0 unspecified atom stereocenters. The van der Waals surface area contributed by atoms with Crippen molar-refractivity contribution < 1.29 is 22.7 Å². The van der Waals surface area contributed by atoms with Crippen molar-refractivity contribution in [3.05, 3.63) is 89.5 Å². The van der Waals surface area contributed by atoms with Gasteiger partial charge >= 0.3 is 0 Å². The van der Waals surface area contributed by atoms with Crippen LogP contribution in [0.4, 0.5) is 0 Å². The smallest absolute Gasteiger partial charge is 0.255 e. The van der Waals surface area contributed by atoms with Crippen molar-refractivity contribution in [2.24, 2.45) is 5.10 Å². The Balaban J connectivity index is 1.80. The summed E-state index contributed by atoms with van der Waals surface area (Å²) >= 11 is 0. The van der Waals surface area contributed by atoms with Gasteiger partial charge in [-0.05, 0) is 36.6 Å². The summed E-state index contributed by atoms with van der Waals surface area (Å²) in [5.41, 5.74) is 5.27. The quantitative estimate of drug-likeness (QED) is 0.325. The van der Waals surface area contributed by atoms with Crippen LogP contribution in [-0.4, -0.2) is 52.2 Å². The number of rotatable bonds is 11. The fourth-order valence-electron chi connectivity index (χ4n) is 3.43. The number of carbonyl (C=O) groups excluding carboxylic acids is 1. The average molecular weight is 496 g/mol. The minimum atomic E-state index is -4.02. The molecule has 1 amide bonds. The summed E-state index contributed by atoms with van der Waals surface area (Å²) in [5, 5.41) is 3.98. The van der Waals surface area contributed by atoms with Crippen molar-refractivity contribution in [3.8, 4) is 11.5 Å². The average Bonchev–Trinajstić information content (AvgIpc) is 2.86. The lowest BCUT2D eigenvalue weighted by Crippen LogP contribution is -2.40. The van der Waals surface area contributed by atoms with Crippen molar-refractivity contribution >= 4 is 22.1 Å². The van der Waals surface area contributed by atoms with Gasteiger partial charge in [0.2, 0.25) is 10.0 Å². The van der Waals surface area contributed by atoms with E-state index in [9.17, 15) is 13.2 Å². The van der Waals surface area contributed by atoms with E-state index in [0.717, 1.165) is 21.0 Å². The Labute approximate surface area is 206 Å². The molecule has 1 N–H and O–H groups in total. The van der Waals surface area contributed by atoms with Crippen molar-refractivity contribution in [1.29, 1.82) is 0 Å². The highest BCUT2D eigenvalue weighted by Gasteiger charge is 2.27. The Morgan fingerprint density at radius 1 is 0.971 bits per heavy atom. The number of carbonyl (C=O) groups is 1. The molecule has 0 aliphatic rings. The van der Waals surface area contributed by atoms with Gasteiger partial charge in [0.25, 0.3) is 5.91 Å². The van der Waals surface area contributed by atoms with Gasteiger partial charge < -0.3 is 9.47 Å². The monoisotopic (exact) mass is 495 g/mol. The molecule has 35 heavy (non-hydrogen) atoms. The fraction of sp³-hybridized carbons (Fsp3) is 0.231. The number of aryl methyl sites for hydroxylation is 1. The lowest BCUT2D eigenvalue weighted by Gasteiger charge is -2.22. The summed E-state index contributed by atoms with van der Waals surface area (Å²) in [6.07, 6.45) is 1.95. The first kappa shape index (κ1) is 25.9. The van der Waals surface area contributed by atoms with Crippen LogP contribution >= 0.6 is 0 Å². The van der Waals surface area contributed by atoms with E-state index in [1.54, 1.807) is 0 Å². The minimum absolute atomic E-state index is 0.000672. The molecular formula is C26H29N3O5S. The second-order valence-electron chi connectivity index (χ2n) is 7.80. The Morgan fingerprint density at radius 3 is 2.40 bits per heavy atom. The number of nitrogens with one attached hydrogen (secondary N) is 1. The van der Waals surface area contributed by atoms with Gasteiger partial charge in [0.1, 0.15) is 0 Å². The standard InChI is InChI=1S/C26H29N3O5S/c1-20-8-7-11-22(16-20)18-27-28-26(30)19-29(15-14-21-9-5-4-6-10-21)35(31,32)23-12-13-24(33-2)25(17-23)34-3/h4-13,16-18H,14-15,19H2,1-3H3,(H,28,30). The van der Waals surface area contributed by atoms with Crippen LogP contribution in [0.25, 0.3) is 0 Å². The summed E-state index contributed by atoms with van der Waals surface area (Å²) in [6, 6.07) is 21.4. The zero-order valence-corrected chi connectivity index (χ0v) is 20.8. The summed E-state index contributed by atoms with van der Waals surface area (Å²) in [5.74, 6) is 0.139. The van der Waals surface area contributed by atoms with Gasteiger partial charge in [-0.15, -0.1) is 0 Å². The van der Waals surface area contributed by atoms with Crippen LogP contribution in [0.15, 0.2) is 82.8 Å². The van der Waals surface area contributed by atoms with Gasteiger partial charge in [-0.1, -0.05) is 60.2 Å². The van der Waals surface area contributed by atoms with E-state index in [0.29, 0.717) is 12.2 Å². The van der Waals surface area contributed by atoms with Gasteiger partial charge in [-0.2, -0.15) is 9.41 Å². The van der Waals surface area contributed by atoms with Gasteiger partial charge in [0, 0.05) is 12.6 Å². The molecule has 0 saturated heterocycles. The fourth-order valence-corrected chi connectivity index (χ4v) is 4.85. The molecule has 0 aliphatic carbocycles. The molecule has 0 fully saturated rings. The predicted octanol–water partition coefficient (Wildman–Crippen LogP) is 3.40. The largest absolute Gasteiger partial charge is 0.493 e. The first-order valence-corrected chi connectivity index (χ1v) is 12.4. The Morgan fingerprint density at radius 2 is 1.71 bits per heavy atom. The topological polar surface area (TPSA) is 97.3 Å². The maximum Gasteiger partial charge on any atom is 0.255 e. The van der Waals surface area contributed by atoms with Gasteiger partial charge in [0.15, 0.2) is 11.5 Å². The lowest BCUT2D eigenvalue weighted by molar-refractivity contribution is -0.121. The normalized spacial score (nSPS) is 11.5. The highest BCUT2D eigenvalue weighted by molar-refractivity contribution is 7.89. The molecule has 0 heterocycles. The highest BCUT2D eigenvalue weighted by atomic mass is 32.2. The van der Waals surface area contributed by atoms with Crippen LogP contribution in [0.5, 0.6) is 11.5 Å². The van der Waals surface area contributed by atoms with Crippen LogP contribution in [0.1, 0.15) is 16.7 Å². The van der Waals surface area contributed by atoms with Crippen LogP contribution in [0.2, 0.25) is 0 Å². The molecule has 0 bridgehead atoms.